The van der Waals surface area contributed by atoms with Crippen molar-refractivity contribution >= 4 is 109 Å². The predicted molar refractivity (Wildman–Crippen MR) is 395 cm³/mol. The van der Waals surface area contributed by atoms with Crippen LogP contribution in [-0.4, -0.2) is 39.9 Å². The zero-order valence-corrected chi connectivity index (χ0v) is 52.6. The molecule has 12 aromatic carbocycles. The molecule has 7 aromatic heterocycles. The Morgan fingerprint density at radius 1 is 0.316 bits per heavy atom. The Bertz CT molecular complexity index is 6560. The minimum Gasteiger partial charge on any atom is -0.455 e. The predicted octanol–water partition coefficient (Wildman–Crippen LogP) is 22.4. The van der Waals surface area contributed by atoms with Gasteiger partial charge in [0.25, 0.3) is 0 Å². The van der Waals surface area contributed by atoms with E-state index in [0.717, 1.165) is 126 Å². The van der Waals surface area contributed by atoms with Gasteiger partial charge < -0.3 is 13.3 Å². The Labute approximate surface area is 559 Å². The monoisotopic (exact) mass is 1260 g/mol. The topological polar surface area (TPSA) is 143 Å². The van der Waals surface area contributed by atoms with Gasteiger partial charge in [0.2, 0.25) is 0 Å². The summed E-state index contributed by atoms with van der Waals surface area (Å²) in [4.78, 5) is 41.5. The second-order valence-electron chi connectivity index (χ2n) is 25.2. The van der Waals surface area contributed by atoms with Crippen LogP contribution in [0.4, 0.5) is 0 Å². The standard InChI is InChI=1S/C87H52N8O3/c1-3-15-58-56(4-2)61-33-36-65(60-24-13-23-59(58)76(60)61)85-93-86(69-25-14-27-73-77(69)67-38-40-88-46-74(67)96-73)95-87(94-85)70-37-35-64(81-79(70)66-22-11-12-26-72(66)97-81)63-34-32-62(78-68-39-41-89-47-75(68)98-80(63)78)71-45-55(44-52-20-9-10-21-57(52)71)84-91-82(53-30-28-48-16-5-7-18-50(48)42-53)90-83(92-84)54-31-29-49-17-6-8-19-51(49)43-54/h3-47,56,58H,2H2,1H3/b15-3-. The SMILES string of the molecule is C=CC1c2ccc(-c3nc(-c4cccc5oc6cnccc6c45)nc(-c4ccc(-c5ccc(-c6cc(-c7nc(-c8ccc9ccccc9c8)nc(-c8ccc9ccccc9c8)n7)cc7ccccc67)c6c5oc5cnccc56)c5oc6ccccc6c45)n3)c3cccc(c23)C1/C=C\C. The van der Waals surface area contributed by atoms with Crippen LogP contribution in [0.15, 0.2) is 293 Å². The summed E-state index contributed by atoms with van der Waals surface area (Å²) in [6, 6.07) is 80.2. The van der Waals surface area contributed by atoms with E-state index in [-0.39, 0.29) is 11.8 Å². The van der Waals surface area contributed by atoms with Crippen molar-refractivity contribution in [2.75, 3.05) is 0 Å². The van der Waals surface area contributed by atoms with Gasteiger partial charge in [-0.05, 0) is 139 Å². The highest BCUT2D eigenvalue weighted by molar-refractivity contribution is 6.22. The van der Waals surface area contributed by atoms with Crippen LogP contribution < -0.4 is 0 Å². The van der Waals surface area contributed by atoms with Gasteiger partial charge in [0, 0.05) is 101 Å². The number of hydrogen-bond acceptors (Lipinski definition) is 11. The maximum absolute atomic E-state index is 7.18. The Balaban J connectivity index is 0.792. The molecule has 0 bridgehead atoms. The van der Waals surface area contributed by atoms with E-state index < -0.39 is 0 Å². The average Bonchev–Trinajstić information content (AvgIpc) is 1.50. The number of fused-ring (bicyclic) bond motifs is 12. The lowest BCUT2D eigenvalue weighted by Crippen LogP contribution is -2.01. The fourth-order valence-electron chi connectivity index (χ4n) is 15.4. The molecule has 20 rings (SSSR count). The third kappa shape index (κ3) is 8.55. The number of furan rings is 3. The maximum atomic E-state index is 7.18. The first-order valence-electron chi connectivity index (χ1n) is 32.8. The van der Waals surface area contributed by atoms with Crippen LogP contribution in [0.1, 0.15) is 29.9 Å². The molecular formula is C87H52N8O3. The van der Waals surface area contributed by atoms with Crippen molar-refractivity contribution in [3.63, 3.8) is 0 Å². The lowest BCUT2D eigenvalue weighted by Gasteiger charge is -2.15. The van der Waals surface area contributed by atoms with E-state index in [2.05, 4.69) is 230 Å². The first kappa shape index (κ1) is 55.3. The van der Waals surface area contributed by atoms with Crippen LogP contribution in [0, 0.1) is 0 Å². The maximum Gasteiger partial charge on any atom is 0.164 e. The number of hydrogen-bond donors (Lipinski definition) is 0. The van der Waals surface area contributed by atoms with Gasteiger partial charge in [-0.15, -0.1) is 6.58 Å². The average molecular weight is 1260 g/mol. The molecule has 0 N–H and O–H groups in total. The van der Waals surface area contributed by atoms with E-state index in [1.54, 1.807) is 18.6 Å². The summed E-state index contributed by atoms with van der Waals surface area (Å²) in [5.41, 5.74) is 15.3. The van der Waals surface area contributed by atoms with Crippen molar-refractivity contribution in [3.8, 4) is 90.6 Å². The van der Waals surface area contributed by atoms with Crippen molar-refractivity contribution in [1.29, 1.82) is 0 Å². The molecule has 1 aliphatic carbocycles. The summed E-state index contributed by atoms with van der Waals surface area (Å²) >= 11 is 0. The van der Waals surface area contributed by atoms with Crippen LogP contribution in [0.25, 0.3) is 199 Å². The van der Waals surface area contributed by atoms with Gasteiger partial charge in [-0.3, -0.25) is 9.97 Å². The molecule has 19 aromatic rings. The number of benzene rings is 12. The van der Waals surface area contributed by atoms with Gasteiger partial charge in [-0.25, -0.2) is 29.9 Å². The number of para-hydroxylation sites is 1. The van der Waals surface area contributed by atoms with Crippen molar-refractivity contribution in [1.82, 2.24) is 39.9 Å². The first-order chi connectivity index (χ1) is 48.5. The molecule has 0 saturated carbocycles. The van der Waals surface area contributed by atoms with Gasteiger partial charge in [0.1, 0.15) is 22.3 Å². The van der Waals surface area contributed by atoms with Gasteiger partial charge >= 0.3 is 0 Å². The number of allylic oxidation sites excluding steroid dienone is 3. The summed E-state index contributed by atoms with van der Waals surface area (Å²) in [6.45, 7) is 6.40. The lowest BCUT2D eigenvalue weighted by atomic mass is 9.89. The van der Waals surface area contributed by atoms with Gasteiger partial charge in [0.15, 0.2) is 46.1 Å². The Morgan fingerprint density at radius 3 is 1.50 bits per heavy atom. The van der Waals surface area contributed by atoms with Crippen LogP contribution in [0.2, 0.25) is 0 Å². The Hall–Kier alpha value is -13.1. The minimum atomic E-state index is 0.118. The summed E-state index contributed by atoms with van der Waals surface area (Å²) < 4.78 is 20.8. The van der Waals surface area contributed by atoms with Gasteiger partial charge in [0.05, 0.1) is 12.4 Å². The van der Waals surface area contributed by atoms with Crippen molar-refractivity contribution in [2.24, 2.45) is 0 Å². The van der Waals surface area contributed by atoms with Crippen molar-refractivity contribution in [2.45, 2.75) is 18.8 Å². The second kappa shape index (κ2) is 21.7. The number of aromatic nitrogens is 8. The van der Waals surface area contributed by atoms with Gasteiger partial charge in [-0.1, -0.05) is 182 Å². The van der Waals surface area contributed by atoms with Crippen LogP contribution in [0.3, 0.4) is 0 Å². The molecule has 98 heavy (non-hydrogen) atoms. The smallest absolute Gasteiger partial charge is 0.164 e. The molecule has 0 aliphatic heterocycles. The van der Waals surface area contributed by atoms with E-state index in [4.69, 9.17) is 43.2 Å². The Morgan fingerprint density at radius 2 is 0.806 bits per heavy atom. The molecular weight excluding hydrogens is 1210 g/mol. The van der Waals surface area contributed by atoms with Crippen LogP contribution in [0.5, 0.6) is 0 Å². The zero-order valence-electron chi connectivity index (χ0n) is 52.6. The largest absolute Gasteiger partial charge is 0.455 e. The first-order valence-corrected chi connectivity index (χ1v) is 32.8. The number of nitrogens with zero attached hydrogens (tertiary/aromatic N) is 8. The minimum absolute atomic E-state index is 0.118. The molecule has 0 radical (unpaired) electrons. The fourth-order valence-corrected chi connectivity index (χ4v) is 15.4. The lowest BCUT2D eigenvalue weighted by molar-refractivity contribution is 0.664. The third-order valence-electron chi connectivity index (χ3n) is 19.8. The van der Waals surface area contributed by atoms with Crippen LogP contribution >= 0.6 is 0 Å². The Kier molecular flexibility index (Phi) is 12.3. The summed E-state index contributed by atoms with van der Waals surface area (Å²) in [5.74, 6) is 3.48. The van der Waals surface area contributed by atoms with Crippen molar-refractivity contribution < 1.29 is 13.3 Å². The highest BCUT2D eigenvalue weighted by Crippen LogP contribution is 2.52. The van der Waals surface area contributed by atoms with Crippen LogP contribution in [-0.2, 0) is 0 Å². The molecule has 0 saturated heterocycles. The molecule has 11 heteroatoms. The van der Waals surface area contributed by atoms with E-state index in [0.29, 0.717) is 68.4 Å². The second-order valence-corrected chi connectivity index (χ2v) is 25.2. The molecule has 458 valence electrons. The molecule has 0 fully saturated rings. The highest BCUT2D eigenvalue weighted by atomic mass is 16.3. The zero-order chi connectivity index (χ0) is 64.7. The molecule has 0 amide bonds. The quantitative estimate of drug-likeness (QED) is 0.121. The molecule has 1 aliphatic rings. The molecule has 7 heterocycles. The summed E-state index contributed by atoms with van der Waals surface area (Å²) in [5, 5.41) is 14.2. The van der Waals surface area contributed by atoms with Crippen molar-refractivity contribution in [3.05, 3.63) is 291 Å². The van der Waals surface area contributed by atoms with E-state index in [1.165, 1.54) is 16.5 Å². The van der Waals surface area contributed by atoms with E-state index >= 15 is 0 Å². The fraction of sp³-hybridized carbons (Fsp3) is 0.0345. The van der Waals surface area contributed by atoms with E-state index in [1.807, 2.05) is 48.7 Å². The number of pyridine rings is 2. The molecule has 2 atom stereocenters. The molecule has 2 unspecified atom stereocenters. The molecule has 0 spiro atoms. The number of rotatable bonds is 10. The van der Waals surface area contributed by atoms with E-state index in [9.17, 15) is 0 Å². The highest BCUT2D eigenvalue weighted by Gasteiger charge is 2.33. The normalized spacial score (nSPS) is 14.0. The summed E-state index contributed by atoms with van der Waals surface area (Å²) in [6.07, 6.45) is 13.7. The van der Waals surface area contributed by atoms with Gasteiger partial charge in [-0.2, -0.15) is 0 Å². The summed E-state index contributed by atoms with van der Waals surface area (Å²) in [7, 11) is 0. The molecule has 11 nitrogen and oxygen atoms in total. The third-order valence-corrected chi connectivity index (χ3v) is 19.8.